The van der Waals surface area contributed by atoms with Crippen LogP contribution in [0.15, 0.2) is 41.1 Å². The zero-order chi connectivity index (χ0) is 20.0. The highest BCUT2D eigenvalue weighted by Gasteiger charge is 2.25. The molecular formula is C21H21FN6O. The summed E-state index contributed by atoms with van der Waals surface area (Å²) in [6.45, 7) is 6.33. The maximum atomic E-state index is 13.5. The molecular weight excluding hydrogens is 371 g/mol. The Morgan fingerprint density at radius 2 is 2.14 bits per heavy atom. The third kappa shape index (κ3) is 3.36. The Morgan fingerprint density at radius 1 is 1.24 bits per heavy atom. The van der Waals surface area contributed by atoms with Gasteiger partial charge in [0.1, 0.15) is 11.6 Å². The first-order chi connectivity index (χ1) is 14.1. The molecule has 0 fully saturated rings. The van der Waals surface area contributed by atoms with Crippen molar-refractivity contribution in [1.29, 1.82) is 0 Å². The molecule has 7 nitrogen and oxygen atoms in total. The number of hydrogen-bond acceptors (Lipinski definition) is 6. The van der Waals surface area contributed by atoms with E-state index in [4.69, 9.17) is 4.52 Å². The van der Waals surface area contributed by atoms with Gasteiger partial charge in [-0.2, -0.15) is 5.10 Å². The number of halogens is 1. The summed E-state index contributed by atoms with van der Waals surface area (Å²) >= 11 is 0. The lowest BCUT2D eigenvalue weighted by Crippen LogP contribution is -2.29. The van der Waals surface area contributed by atoms with E-state index in [1.54, 1.807) is 12.1 Å². The summed E-state index contributed by atoms with van der Waals surface area (Å²) in [6, 6.07) is 8.35. The SMILES string of the molecule is Cc1cc(C)n2ncc(CN3CCc4onc(Nc5cccc(F)c5)c4C3)c2n1. The zero-order valence-corrected chi connectivity index (χ0v) is 16.3. The lowest BCUT2D eigenvalue weighted by atomic mass is 10.1. The molecule has 0 saturated heterocycles. The molecule has 0 radical (unpaired) electrons. The fourth-order valence-corrected chi connectivity index (χ4v) is 3.87. The van der Waals surface area contributed by atoms with E-state index in [9.17, 15) is 4.39 Å². The number of nitrogens with zero attached hydrogens (tertiary/aromatic N) is 5. The second kappa shape index (κ2) is 6.97. The van der Waals surface area contributed by atoms with Crippen molar-refractivity contribution in [3.05, 3.63) is 70.6 Å². The molecule has 3 aromatic heterocycles. The van der Waals surface area contributed by atoms with Gasteiger partial charge in [0.15, 0.2) is 11.5 Å². The monoisotopic (exact) mass is 392 g/mol. The van der Waals surface area contributed by atoms with Crippen LogP contribution in [0.1, 0.15) is 28.3 Å². The van der Waals surface area contributed by atoms with Gasteiger partial charge >= 0.3 is 0 Å². The number of aromatic nitrogens is 4. The lowest BCUT2D eigenvalue weighted by molar-refractivity contribution is 0.229. The Balaban J connectivity index is 1.38. The summed E-state index contributed by atoms with van der Waals surface area (Å²) in [5, 5.41) is 11.8. The fourth-order valence-electron chi connectivity index (χ4n) is 3.87. The molecule has 1 aliphatic rings. The first kappa shape index (κ1) is 17.8. The molecule has 1 aliphatic heterocycles. The van der Waals surface area contributed by atoms with Crippen molar-refractivity contribution in [1.82, 2.24) is 24.7 Å². The van der Waals surface area contributed by atoms with Crippen LogP contribution >= 0.6 is 0 Å². The third-order valence-corrected chi connectivity index (χ3v) is 5.24. The topological polar surface area (TPSA) is 71.5 Å². The molecule has 5 rings (SSSR count). The molecule has 0 aliphatic carbocycles. The average Bonchev–Trinajstić information content (AvgIpc) is 3.27. The first-order valence-corrected chi connectivity index (χ1v) is 9.60. The van der Waals surface area contributed by atoms with Crippen LogP contribution < -0.4 is 5.32 Å². The number of hydrogen-bond donors (Lipinski definition) is 1. The van der Waals surface area contributed by atoms with E-state index < -0.39 is 0 Å². The number of benzene rings is 1. The van der Waals surface area contributed by atoms with Crippen molar-refractivity contribution in [2.75, 3.05) is 11.9 Å². The maximum absolute atomic E-state index is 13.5. The summed E-state index contributed by atoms with van der Waals surface area (Å²) in [5.74, 6) is 1.23. The van der Waals surface area contributed by atoms with Crippen molar-refractivity contribution < 1.29 is 8.91 Å². The molecule has 4 heterocycles. The maximum Gasteiger partial charge on any atom is 0.178 e. The standard InChI is InChI=1S/C21H21FN6O/c1-13-8-14(2)28-21(24-13)15(10-23-28)11-27-7-6-19-18(12-27)20(26-29-19)25-17-5-3-4-16(22)9-17/h3-5,8-10H,6-7,11-12H2,1-2H3,(H,25,26). The smallest absolute Gasteiger partial charge is 0.178 e. The molecule has 148 valence electrons. The molecule has 0 atom stereocenters. The largest absolute Gasteiger partial charge is 0.359 e. The molecule has 1 N–H and O–H groups in total. The lowest BCUT2D eigenvalue weighted by Gasteiger charge is -2.25. The van der Waals surface area contributed by atoms with E-state index in [1.807, 2.05) is 30.6 Å². The van der Waals surface area contributed by atoms with Crippen LogP contribution in [0.4, 0.5) is 15.9 Å². The van der Waals surface area contributed by atoms with Gasteiger partial charge in [0.2, 0.25) is 0 Å². The Kier molecular flexibility index (Phi) is 4.28. The highest BCUT2D eigenvalue weighted by molar-refractivity contribution is 5.60. The van der Waals surface area contributed by atoms with Crippen molar-refractivity contribution in [3.8, 4) is 0 Å². The normalized spacial score (nSPS) is 14.3. The van der Waals surface area contributed by atoms with Crippen LogP contribution in [0.25, 0.3) is 5.65 Å². The molecule has 0 spiro atoms. The Labute approximate surface area is 167 Å². The van der Waals surface area contributed by atoms with Gasteiger partial charge in [-0.3, -0.25) is 4.90 Å². The molecule has 0 saturated carbocycles. The predicted molar refractivity (Wildman–Crippen MR) is 106 cm³/mol. The summed E-state index contributed by atoms with van der Waals surface area (Å²) in [6.07, 6.45) is 2.67. The quantitative estimate of drug-likeness (QED) is 0.570. The van der Waals surface area contributed by atoms with Gasteiger partial charge in [0.05, 0.1) is 11.8 Å². The molecule has 0 amide bonds. The minimum Gasteiger partial charge on any atom is -0.359 e. The second-order valence-corrected chi connectivity index (χ2v) is 7.47. The molecule has 0 unspecified atom stereocenters. The van der Waals surface area contributed by atoms with E-state index >= 15 is 0 Å². The number of nitrogens with one attached hydrogen (secondary N) is 1. The molecule has 1 aromatic carbocycles. The first-order valence-electron chi connectivity index (χ1n) is 9.60. The summed E-state index contributed by atoms with van der Waals surface area (Å²) in [5.41, 5.74) is 5.71. The number of aryl methyl sites for hydroxylation is 2. The predicted octanol–water partition coefficient (Wildman–Crippen LogP) is 3.78. The van der Waals surface area contributed by atoms with Crippen molar-refractivity contribution in [2.24, 2.45) is 0 Å². The van der Waals surface area contributed by atoms with Crippen LogP contribution in [0.5, 0.6) is 0 Å². The average molecular weight is 392 g/mol. The van der Waals surface area contributed by atoms with Gasteiger partial charge < -0.3 is 9.84 Å². The van der Waals surface area contributed by atoms with Crippen LogP contribution in [0, 0.1) is 19.7 Å². The van der Waals surface area contributed by atoms with E-state index in [-0.39, 0.29) is 5.82 Å². The Morgan fingerprint density at radius 3 is 3.00 bits per heavy atom. The summed E-state index contributed by atoms with van der Waals surface area (Å²) in [7, 11) is 0. The molecule has 4 aromatic rings. The van der Waals surface area contributed by atoms with E-state index in [0.717, 1.165) is 53.4 Å². The van der Waals surface area contributed by atoms with Crippen LogP contribution in [0.3, 0.4) is 0 Å². The minimum atomic E-state index is -0.292. The van der Waals surface area contributed by atoms with Gasteiger partial charge in [-0.05, 0) is 38.1 Å². The molecule has 29 heavy (non-hydrogen) atoms. The van der Waals surface area contributed by atoms with E-state index in [1.165, 1.54) is 12.1 Å². The van der Waals surface area contributed by atoms with E-state index in [2.05, 4.69) is 25.5 Å². The Hall–Kier alpha value is -3.26. The van der Waals surface area contributed by atoms with Gasteiger partial charge in [0.25, 0.3) is 0 Å². The third-order valence-electron chi connectivity index (χ3n) is 5.24. The van der Waals surface area contributed by atoms with Crippen LogP contribution in [0.2, 0.25) is 0 Å². The fraction of sp³-hybridized carbons (Fsp3) is 0.286. The van der Waals surface area contributed by atoms with Crippen molar-refractivity contribution >= 4 is 17.2 Å². The van der Waals surface area contributed by atoms with E-state index in [0.29, 0.717) is 18.1 Å². The second-order valence-electron chi connectivity index (χ2n) is 7.47. The van der Waals surface area contributed by atoms with Gasteiger partial charge in [-0.15, -0.1) is 0 Å². The highest BCUT2D eigenvalue weighted by atomic mass is 19.1. The van der Waals surface area contributed by atoms with Crippen LogP contribution in [-0.4, -0.2) is 31.2 Å². The number of fused-ring (bicyclic) bond motifs is 2. The minimum absolute atomic E-state index is 0.292. The van der Waals surface area contributed by atoms with Crippen LogP contribution in [-0.2, 0) is 19.5 Å². The summed E-state index contributed by atoms with van der Waals surface area (Å²) in [4.78, 5) is 7.00. The highest BCUT2D eigenvalue weighted by Crippen LogP contribution is 2.29. The number of anilines is 2. The van der Waals surface area contributed by atoms with Crippen molar-refractivity contribution in [3.63, 3.8) is 0 Å². The van der Waals surface area contributed by atoms with Gasteiger partial charge in [-0.25, -0.2) is 13.9 Å². The number of rotatable bonds is 4. The van der Waals surface area contributed by atoms with Crippen molar-refractivity contribution in [2.45, 2.75) is 33.4 Å². The summed E-state index contributed by atoms with van der Waals surface area (Å²) < 4.78 is 20.9. The zero-order valence-electron chi connectivity index (χ0n) is 16.3. The van der Waals surface area contributed by atoms with Gasteiger partial charge in [-0.1, -0.05) is 11.2 Å². The van der Waals surface area contributed by atoms with Gasteiger partial charge in [0, 0.05) is 48.7 Å². The molecule has 0 bridgehead atoms. The Bertz CT molecular complexity index is 1200. The molecule has 8 heteroatoms.